The molecule has 6 nitrogen and oxygen atoms in total. The van der Waals surface area contributed by atoms with Gasteiger partial charge in [-0.25, -0.2) is 19.3 Å². The zero-order chi connectivity index (χ0) is 26.4. The van der Waals surface area contributed by atoms with Crippen LogP contribution in [0, 0.1) is 35.4 Å². The van der Waals surface area contributed by atoms with Gasteiger partial charge in [0.15, 0.2) is 11.6 Å². The Hall–Kier alpha value is -2.87. The summed E-state index contributed by atoms with van der Waals surface area (Å²) in [6, 6.07) is 6.26. The Balaban J connectivity index is 0.00000320. The molecule has 1 aliphatic heterocycles. The van der Waals surface area contributed by atoms with E-state index in [9.17, 15) is 4.39 Å². The molecule has 2 aromatic heterocycles. The van der Waals surface area contributed by atoms with Gasteiger partial charge < -0.3 is 0 Å². The summed E-state index contributed by atoms with van der Waals surface area (Å²) in [6.45, 7) is 11.6. The van der Waals surface area contributed by atoms with Gasteiger partial charge in [0.25, 0.3) is 0 Å². The smallest absolute Gasteiger partial charge is 0.284 e. The normalized spacial score (nSPS) is 15.6. The van der Waals surface area contributed by atoms with Crippen molar-refractivity contribution in [2.24, 2.45) is 0 Å². The fraction of sp³-hybridized carbons (Fsp3) is 0.385. The maximum absolute atomic E-state index is 16.1. The maximum Gasteiger partial charge on any atom is 2.00 e. The molecule has 2 aromatic carbocycles. The zero-order valence-corrected chi connectivity index (χ0v) is 23.5. The Labute approximate surface area is 226 Å². The van der Waals surface area contributed by atoms with Crippen LogP contribution in [0.25, 0.3) is 11.4 Å². The first kappa shape index (κ1) is 27.2. The van der Waals surface area contributed by atoms with Crippen LogP contribution in [0.15, 0.2) is 18.7 Å². The quantitative estimate of drug-likeness (QED) is 0.187. The Morgan fingerprint density at radius 2 is 1.24 bits per heavy atom. The van der Waals surface area contributed by atoms with Crippen LogP contribution in [0.2, 0.25) is 0 Å². The van der Waals surface area contributed by atoms with Crippen molar-refractivity contribution < 1.29 is 38.6 Å². The molecule has 0 aliphatic carbocycles. The Bertz CT molecular complexity index is 1530. The van der Waals surface area contributed by atoms with E-state index >= 15 is 13.2 Å². The minimum atomic E-state index is -1.45. The van der Waals surface area contributed by atoms with E-state index in [0.29, 0.717) is 6.07 Å². The van der Waals surface area contributed by atoms with Crippen molar-refractivity contribution in [3.8, 4) is 11.4 Å². The van der Waals surface area contributed by atoms with Crippen LogP contribution in [-0.2, 0) is 37.3 Å². The van der Waals surface area contributed by atoms with Crippen LogP contribution in [0.3, 0.4) is 0 Å². The van der Waals surface area contributed by atoms with E-state index in [0.717, 1.165) is 4.68 Å². The molecule has 0 radical (unpaired) electrons. The molecule has 0 saturated carbocycles. The molecule has 8 bridgehead atoms. The fourth-order valence-corrected chi connectivity index (χ4v) is 4.47. The molecule has 0 fully saturated rings. The average molecular weight is 692 g/mol. The summed E-state index contributed by atoms with van der Waals surface area (Å²) in [7, 11) is 0. The van der Waals surface area contributed by atoms with Crippen molar-refractivity contribution in [1.82, 2.24) is 29.5 Å². The number of hydrogen-bond donors (Lipinski definition) is 0. The molecule has 0 saturated heterocycles. The summed E-state index contributed by atoms with van der Waals surface area (Å²) in [5.74, 6) is -3.06. The molecule has 0 unspecified atom stereocenters. The van der Waals surface area contributed by atoms with Crippen LogP contribution in [0.5, 0.6) is 0 Å². The second-order valence-electron chi connectivity index (χ2n) is 11.1. The molecule has 1 aliphatic rings. The number of fused-ring (bicyclic) bond motifs is 10. The number of nitrogens with zero attached hydrogens (tertiary/aromatic N) is 6. The van der Waals surface area contributed by atoms with E-state index in [1.165, 1.54) is 17.3 Å². The molecule has 5 rings (SSSR count). The van der Waals surface area contributed by atoms with Gasteiger partial charge >= 0.3 is 21.1 Å². The minimum absolute atomic E-state index is 0. The molecule has 0 N–H and O–H groups in total. The first-order chi connectivity index (χ1) is 16.6. The number of halogens is 4. The average Bonchev–Trinajstić information content (AvgIpc) is 3.43. The largest absolute Gasteiger partial charge is 2.00 e. The van der Waals surface area contributed by atoms with Crippen LogP contribution in [-0.4, -0.2) is 29.5 Å². The number of aromatic nitrogens is 6. The van der Waals surface area contributed by atoms with Gasteiger partial charge in [-0.3, -0.25) is 17.6 Å². The predicted octanol–water partition coefficient (Wildman–Crippen LogP) is 5.26. The summed E-state index contributed by atoms with van der Waals surface area (Å²) >= 11 is 0. The summed E-state index contributed by atoms with van der Waals surface area (Å²) in [6.07, 6.45) is 2.58. The van der Waals surface area contributed by atoms with Gasteiger partial charge in [-0.2, -0.15) is 10.2 Å². The van der Waals surface area contributed by atoms with Gasteiger partial charge in [0.2, 0.25) is 0 Å². The van der Waals surface area contributed by atoms with E-state index < -0.39 is 39.5 Å². The van der Waals surface area contributed by atoms with Gasteiger partial charge in [0.05, 0.1) is 5.41 Å². The topological polar surface area (TPSA) is 61.4 Å². The van der Waals surface area contributed by atoms with Crippen LogP contribution < -0.4 is 0 Å². The second kappa shape index (κ2) is 8.58. The molecular weight excluding hydrogens is 667 g/mol. The van der Waals surface area contributed by atoms with E-state index in [1.807, 2.05) is 0 Å². The third-order valence-corrected chi connectivity index (χ3v) is 6.63. The molecule has 0 spiro atoms. The Morgan fingerprint density at radius 3 is 1.78 bits per heavy atom. The predicted molar refractivity (Wildman–Crippen MR) is 123 cm³/mol. The van der Waals surface area contributed by atoms with Crippen molar-refractivity contribution in [2.75, 3.05) is 0 Å². The maximum atomic E-state index is 16.1. The Kier molecular flexibility index (Phi) is 6.30. The first-order valence-corrected chi connectivity index (χ1v) is 11.4. The van der Waals surface area contributed by atoms with Crippen LogP contribution >= 0.6 is 0 Å². The van der Waals surface area contributed by atoms with Gasteiger partial charge in [-0.15, -0.1) is 29.3 Å². The van der Waals surface area contributed by atoms with Crippen molar-refractivity contribution >= 4 is 0 Å². The monoisotopic (exact) mass is 691 g/mol. The minimum Gasteiger partial charge on any atom is -0.284 e. The third-order valence-electron chi connectivity index (χ3n) is 6.63. The SMILES string of the molecule is CC(C)(C)c1c(F)c2[c-]c(c1F)C(C)(C)c1[c-]c(c(F)cc1F)-n1cnc(n1)C(C)(C)c1ncn-2n1.[Pt+2]. The van der Waals surface area contributed by atoms with Crippen molar-refractivity contribution in [2.45, 2.75) is 64.7 Å². The second-order valence-corrected chi connectivity index (χ2v) is 11.1. The number of hydrogen-bond acceptors (Lipinski definition) is 4. The summed E-state index contributed by atoms with van der Waals surface area (Å²) in [5.41, 5.74) is -4.20. The molecular formula is C26H24F4N6Pt. The summed E-state index contributed by atoms with van der Waals surface area (Å²) in [5, 5.41) is 8.82. The van der Waals surface area contributed by atoms with Crippen LogP contribution in [0.4, 0.5) is 17.6 Å². The molecule has 0 amide bonds. The molecule has 0 atom stereocenters. The summed E-state index contributed by atoms with van der Waals surface area (Å²) in [4.78, 5) is 8.63. The zero-order valence-electron chi connectivity index (χ0n) is 21.2. The molecule has 196 valence electrons. The van der Waals surface area contributed by atoms with E-state index in [2.05, 4.69) is 32.3 Å². The fourth-order valence-electron chi connectivity index (χ4n) is 4.47. The van der Waals surface area contributed by atoms with Gasteiger partial charge in [0.1, 0.15) is 12.7 Å². The standard InChI is InChI=1S/C26H24F4N6.Pt/c1-24(2,3)19-20(29)14-9-18(21(19)30)36-12-32-23(34-36)26(6,7)22-31-11-35(33-22)17-8-13(25(14,4)5)15(27)10-16(17)28;/h10-12H,1-7H3;/q-2;+2. The van der Waals surface area contributed by atoms with Crippen molar-refractivity contribution in [1.29, 1.82) is 0 Å². The van der Waals surface area contributed by atoms with E-state index in [1.54, 1.807) is 48.5 Å². The van der Waals surface area contributed by atoms with Gasteiger partial charge in [-0.05, 0) is 36.1 Å². The van der Waals surface area contributed by atoms with Crippen molar-refractivity contribution in [3.63, 3.8) is 0 Å². The third kappa shape index (κ3) is 4.04. The Morgan fingerprint density at radius 1 is 0.730 bits per heavy atom. The molecule has 3 heterocycles. The number of rotatable bonds is 0. The summed E-state index contributed by atoms with van der Waals surface area (Å²) < 4.78 is 64.4. The molecule has 11 heteroatoms. The number of benzene rings is 2. The van der Waals surface area contributed by atoms with Crippen LogP contribution in [0.1, 0.15) is 76.8 Å². The first-order valence-electron chi connectivity index (χ1n) is 11.4. The van der Waals surface area contributed by atoms with Gasteiger partial charge in [0, 0.05) is 23.3 Å². The van der Waals surface area contributed by atoms with Gasteiger partial charge in [-0.1, -0.05) is 40.2 Å². The van der Waals surface area contributed by atoms with E-state index in [4.69, 9.17) is 0 Å². The molecule has 37 heavy (non-hydrogen) atoms. The van der Waals surface area contributed by atoms with E-state index in [-0.39, 0.29) is 60.8 Å². The van der Waals surface area contributed by atoms with Crippen molar-refractivity contribution in [3.05, 3.63) is 82.5 Å². The molecule has 4 aromatic rings.